The van der Waals surface area contributed by atoms with Gasteiger partial charge in [0.2, 0.25) is 5.03 Å². The van der Waals surface area contributed by atoms with Gasteiger partial charge < -0.3 is 9.87 Å². The first-order valence-electron chi connectivity index (χ1n) is 4.90. The molecule has 2 heterocycles. The number of pyridine rings is 1. The summed E-state index contributed by atoms with van der Waals surface area (Å²) in [5.41, 5.74) is 0. The largest absolute Gasteiger partial charge is 0.610 e. The maximum absolute atomic E-state index is 12.0. The van der Waals surface area contributed by atoms with E-state index in [1.165, 1.54) is 0 Å². The highest BCUT2D eigenvalue weighted by Gasteiger charge is 2.27. The lowest BCUT2D eigenvalue weighted by Crippen LogP contribution is -2.36. The van der Waals surface area contributed by atoms with Crippen molar-refractivity contribution >= 4 is 23.6 Å². The molecule has 3 nitrogen and oxygen atoms in total. The smallest absolute Gasteiger partial charge is 0.244 e. The molecule has 0 amide bonds. The standard InChI is InChI=1S/C10H14N2OS.ClH/c13-14(9-4-7-11-8-5-9)10-3-1-2-6-12-10;/h1-3,6,9,11H,4-5,7-8H2;1H. The van der Waals surface area contributed by atoms with Gasteiger partial charge in [-0.05, 0) is 19.2 Å². The van der Waals surface area contributed by atoms with Gasteiger partial charge in [0.05, 0.1) is 0 Å². The zero-order chi connectivity index (χ0) is 9.80. The summed E-state index contributed by atoms with van der Waals surface area (Å²) in [6, 6.07) is 5.59. The Morgan fingerprint density at radius 2 is 2.07 bits per heavy atom. The lowest BCUT2D eigenvalue weighted by molar-refractivity contribution is 0.494. The van der Waals surface area contributed by atoms with E-state index in [0.717, 1.165) is 31.0 Å². The normalized spacial score (nSPS) is 19.3. The summed E-state index contributed by atoms with van der Waals surface area (Å²) in [6.07, 6.45) is 3.68. The van der Waals surface area contributed by atoms with Gasteiger partial charge in [-0.3, -0.25) is 0 Å². The van der Waals surface area contributed by atoms with Crippen molar-refractivity contribution in [2.45, 2.75) is 23.1 Å². The second-order valence-corrected chi connectivity index (χ2v) is 5.09. The maximum Gasteiger partial charge on any atom is 0.244 e. The fourth-order valence-electron chi connectivity index (χ4n) is 1.65. The van der Waals surface area contributed by atoms with Crippen LogP contribution in [0.25, 0.3) is 0 Å². The van der Waals surface area contributed by atoms with Gasteiger partial charge >= 0.3 is 0 Å². The van der Waals surface area contributed by atoms with Gasteiger partial charge in [-0.2, -0.15) is 0 Å². The topological polar surface area (TPSA) is 48.0 Å². The maximum atomic E-state index is 12.0. The average molecular weight is 247 g/mol. The Labute approximate surface area is 99.3 Å². The van der Waals surface area contributed by atoms with Crippen LogP contribution in [0.3, 0.4) is 0 Å². The quantitative estimate of drug-likeness (QED) is 0.802. The Morgan fingerprint density at radius 1 is 1.33 bits per heavy atom. The highest BCUT2D eigenvalue weighted by molar-refractivity contribution is 7.92. The van der Waals surface area contributed by atoms with Gasteiger partial charge in [0.25, 0.3) is 0 Å². The zero-order valence-corrected chi connectivity index (χ0v) is 10.0. The summed E-state index contributed by atoms with van der Waals surface area (Å²) in [7, 11) is 0. The summed E-state index contributed by atoms with van der Waals surface area (Å²) in [4.78, 5) is 4.13. The third-order valence-corrected chi connectivity index (χ3v) is 4.16. The molecule has 84 valence electrons. The van der Waals surface area contributed by atoms with Gasteiger partial charge in [-0.15, -0.1) is 12.4 Å². The average Bonchev–Trinajstić information content (AvgIpc) is 2.30. The van der Waals surface area contributed by atoms with Crippen LogP contribution in [-0.2, 0) is 11.2 Å². The number of piperidine rings is 1. The minimum atomic E-state index is -0.921. The van der Waals surface area contributed by atoms with Crippen LogP contribution < -0.4 is 5.32 Å². The molecule has 2 rings (SSSR count). The van der Waals surface area contributed by atoms with Gasteiger partial charge in [-0.25, -0.2) is 4.98 Å². The molecule has 0 spiro atoms. The van der Waals surface area contributed by atoms with E-state index >= 15 is 0 Å². The number of halogens is 1. The third kappa shape index (κ3) is 3.34. The van der Waals surface area contributed by atoms with Crippen molar-refractivity contribution in [1.29, 1.82) is 0 Å². The molecule has 5 heteroatoms. The van der Waals surface area contributed by atoms with E-state index in [1.807, 2.05) is 18.2 Å². The van der Waals surface area contributed by atoms with E-state index in [4.69, 9.17) is 0 Å². The predicted molar refractivity (Wildman–Crippen MR) is 63.8 cm³/mol. The summed E-state index contributed by atoms with van der Waals surface area (Å²) in [5.74, 6) is 0. The number of hydrogen-bond acceptors (Lipinski definition) is 3. The Kier molecular flexibility index (Phi) is 5.39. The van der Waals surface area contributed by atoms with E-state index in [9.17, 15) is 4.55 Å². The van der Waals surface area contributed by atoms with Gasteiger partial charge in [-0.1, -0.05) is 6.07 Å². The molecule has 15 heavy (non-hydrogen) atoms. The minimum absolute atomic E-state index is 0. The van der Waals surface area contributed by atoms with Crippen LogP contribution in [0.5, 0.6) is 0 Å². The number of hydrogen-bond donors (Lipinski definition) is 1. The van der Waals surface area contributed by atoms with Gasteiger partial charge in [0, 0.05) is 36.3 Å². The number of rotatable bonds is 2. The molecule has 0 radical (unpaired) electrons. The van der Waals surface area contributed by atoms with Crippen LogP contribution in [0.15, 0.2) is 29.4 Å². The highest BCUT2D eigenvalue weighted by Crippen LogP contribution is 2.19. The van der Waals surface area contributed by atoms with Crippen molar-refractivity contribution in [3.8, 4) is 0 Å². The van der Waals surface area contributed by atoms with Crippen LogP contribution in [0.1, 0.15) is 12.8 Å². The summed E-state index contributed by atoms with van der Waals surface area (Å²) < 4.78 is 12.0. The Bertz CT molecular complexity index is 280. The Balaban J connectivity index is 0.00000112. The van der Waals surface area contributed by atoms with Crippen molar-refractivity contribution in [3.05, 3.63) is 24.4 Å². The first kappa shape index (κ1) is 12.8. The molecule has 0 saturated carbocycles. The second-order valence-electron chi connectivity index (χ2n) is 3.41. The SMILES string of the molecule is Cl.[O-][S+](c1ccccn1)C1CCNCC1. The molecule has 1 unspecified atom stereocenters. The number of aromatic nitrogens is 1. The molecule has 1 N–H and O–H groups in total. The van der Waals surface area contributed by atoms with E-state index < -0.39 is 11.2 Å². The van der Waals surface area contributed by atoms with E-state index in [-0.39, 0.29) is 17.7 Å². The summed E-state index contributed by atoms with van der Waals surface area (Å²) in [5, 5.41) is 4.27. The lowest BCUT2D eigenvalue weighted by atomic mass is 10.2. The predicted octanol–water partition coefficient (Wildman–Crippen LogP) is 1.36. The minimum Gasteiger partial charge on any atom is -0.610 e. The summed E-state index contributed by atoms with van der Waals surface area (Å²) in [6.45, 7) is 1.95. The molecular weight excluding hydrogens is 232 g/mol. The van der Waals surface area contributed by atoms with Crippen molar-refractivity contribution in [3.63, 3.8) is 0 Å². The molecule has 1 aliphatic rings. The number of nitrogens with zero attached hydrogens (tertiary/aromatic N) is 1. The molecule has 1 aromatic rings. The zero-order valence-electron chi connectivity index (χ0n) is 8.39. The molecule has 1 aliphatic heterocycles. The molecule has 1 aromatic heterocycles. The first-order valence-corrected chi connectivity index (χ1v) is 6.11. The van der Waals surface area contributed by atoms with Crippen LogP contribution in [0, 0.1) is 0 Å². The third-order valence-electron chi connectivity index (χ3n) is 2.43. The lowest BCUT2D eigenvalue weighted by Gasteiger charge is -2.24. The highest BCUT2D eigenvalue weighted by atomic mass is 35.5. The molecule has 1 atom stereocenters. The van der Waals surface area contributed by atoms with Crippen molar-refractivity contribution < 1.29 is 4.55 Å². The fraction of sp³-hybridized carbons (Fsp3) is 0.500. The summed E-state index contributed by atoms with van der Waals surface area (Å²) >= 11 is -0.921. The van der Waals surface area contributed by atoms with Crippen molar-refractivity contribution in [2.24, 2.45) is 0 Å². The Hall–Kier alpha value is -0.290. The van der Waals surface area contributed by atoms with E-state index in [2.05, 4.69) is 10.3 Å². The molecule has 0 aromatic carbocycles. The first-order chi connectivity index (χ1) is 6.88. The fourth-order valence-corrected chi connectivity index (χ4v) is 3.03. The van der Waals surface area contributed by atoms with Crippen LogP contribution >= 0.6 is 12.4 Å². The molecular formula is C10H15ClN2OS. The van der Waals surface area contributed by atoms with E-state index in [1.54, 1.807) is 6.20 Å². The van der Waals surface area contributed by atoms with Gasteiger partial charge in [0.1, 0.15) is 5.25 Å². The molecule has 1 fully saturated rings. The molecule has 0 aliphatic carbocycles. The van der Waals surface area contributed by atoms with Crippen LogP contribution in [0.2, 0.25) is 0 Å². The molecule has 1 saturated heterocycles. The Morgan fingerprint density at radius 3 is 2.67 bits per heavy atom. The molecule has 0 bridgehead atoms. The van der Waals surface area contributed by atoms with Crippen molar-refractivity contribution in [2.75, 3.05) is 13.1 Å². The van der Waals surface area contributed by atoms with Crippen LogP contribution in [-0.4, -0.2) is 27.9 Å². The van der Waals surface area contributed by atoms with Crippen LogP contribution in [0.4, 0.5) is 0 Å². The number of nitrogens with one attached hydrogen (secondary N) is 1. The van der Waals surface area contributed by atoms with E-state index in [0.29, 0.717) is 0 Å². The monoisotopic (exact) mass is 246 g/mol. The van der Waals surface area contributed by atoms with Crippen molar-refractivity contribution in [1.82, 2.24) is 10.3 Å². The van der Waals surface area contributed by atoms with Gasteiger partial charge in [0.15, 0.2) is 0 Å². The second kappa shape index (κ2) is 6.33.